The number of rotatable bonds is 5. The molecule has 3 rings (SSSR count). The number of hydrogen-bond donors (Lipinski definition) is 2. The zero-order chi connectivity index (χ0) is 14.7. The Bertz CT molecular complexity index is 612. The third kappa shape index (κ3) is 3.09. The van der Waals surface area contributed by atoms with Crippen LogP contribution in [0.15, 0.2) is 42.5 Å². The summed E-state index contributed by atoms with van der Waals surface area (Å²) in [7, 11) is 0. The van der Waals surface area contributed by atoms with Crippen LogP contribution in [-0.4, -0.2) is 18.5 Å². The van der Waals surface area contributed by atoms with E-state index in [0.29, 0.717) is 23.8 Å². The minimum absolute atomic E-state index is 0.168. The van der Waals surface area contributed by atoms with Crippen LogP contribution in [0, 0.1) is 0 Å². The van der Waals surface area contributed by atoms with Crippen LogP contribution in [0.1, 0.15) is 17.2 Å². The second-order valence-electron chi connectivity index (χ2n) is 4.79. The van der Waals surface area contributed by atoms with Gasteiger partial charge in [0.2, 0.25) is 6.79 Å². The molecule has 2 aromatic carbocycles. The van der Waals surface area contributed by atoms with Crippen molar-refractivity contribution in [2.75, 3.05) is 13.4 Å². The van der Waals surface area contributed by atoms with Crippen LogP contribution in [0.2, 0.25) is 0 Å². The number of aliphatic hydroxyl groups is 1. The fourth-order valence-corrected chi connectivity index (χ4v) is 2.11. The first-order valence-corrected chi connectivity index (χ1v) is 6.75. The third-order valence-electron chi connectivity index (χ3n) is 3.35. The molecule has 1 atom stereocenters. The molecule has 1 heterocycles. The van der Waals surface area contributed by atoms with E-state index in [2.05, 4.69) is 0 Å². The van der Waals surface area contributed by atoms with E-state index in [0.717, 1.165) is 11.1 Å². The van der Waals surface area contributed by atoms with Gasteiger partial charge in [0.1, 0.15) is 18.5 Å². The summed E-state index contributed by atoms with van der Waals surface area (Å²) in [5.74, 6) is 2.01. The van der Waals surface area contributed by atoms with E-state index in [1.165, 1.54) is 0 Å². The van der Waals surface area contributed by atoms with Crippen molar-refractivity contribution < 1.29 is 19.3 Å². The third-order valence-corrected chi connectivity index (χ3v) is 3.35. The van der Waals surface area contributed by atoms with Gasteiger partial charge in [0.25, 0.3) is 0 Å². The van der Waals surface area contributed by atoms with Gasteiger partial charge in [-0.05, 0) is 23.3 Å². The lowest BCUT2D eigenvalue weighted by Crippen LogP contribution is -2.10. The van der Waals surface area contributed by atoms with Crippen molar-refractivity contribution in [2.45, 2.75) is 12.6 Å². The zero-order valence-corrected chi connectivity index (χ0v) is 11.5. The smallest absolute Gasteiger partial charge is 0.231 e. The minimum Gasteiger partial charge on any atom is -0.490 e. The summed E-state index contributed by atoms with van der Waals surface area (Å²) in [6.45, 7) is 0.889. The standard InChI is InChI=1S/C16H17NO4/c17-8-11-1-3-12(4-2-11)14(18)9-19-13-5-6-15-16(7-13)21-10-20-15/h1-7,14,18H,8-10,17H2. The molecule has 1 aliphatic heterocycles. The SMILES string of the molecule is NCc1ccc(C(O)COc2ccc3c(c2)OCO3)cc1. The summed E-state index contributed by atoms with van der Waals surface area (Å²) >= 11 is 0. The predicted molar refractivity (Wildman–Crippen MR) is 77.4 cm³/mol. The van der Waals surface area contributed by atoms with E-state index >= 15 is 0 Å². The summed E-state index contributed by atoms with van der Waals surface area (Å²) < 4.78 is 16.1. The first kappa shape index (κ1) is 13.7. The van der Waals surface area contributed by atoms with Crippen LogP contribution in [0.5, 0.6) is 17.2 Å². The maximum atomic E-state index is 10.1. The predicted octanol–water partition coefficient (Wildman–Crippen LogP) is 1.99. The number of aliphatic hydroxyl groups excluding tert-OH is 1. The van der Waals surface area contributed by atoms with Crippen molar-refractivity contribution in [1.82, 2.24) is 0 Å². The molecule has 21 heavy (non-hydrogen) atoms. The molecule has 0 saturated carbocycles. The highest BCUT2D eigenvalue weighted by molar-refractivity contribution is 5.46. The van der Waals surface area contributed by atoms with E-state index in [-0.39, 0.29) is 13.4 Å². The molecule has 5 heteroatoms. The molecule has 0 saturated heterocycles. The van der Waals surface area contributed by atoms with Gasteiger partial charge in [0.15, 0.2) is 11.5 Å². The molecule has 0 radical (unpaired) electrons. The molecule has 2 aromatic rings. The van der Waals surface area contributed by atoms with Gasteiger partial charge in [-0.1, -0.05) is 24.3 Å². The molecule has 110 valence electrons. The summed E-state index contributed by atoms with van der Waals surface area (Å²) in [6.07, 6.45) is -0.692. The first-order chi connectivity index (χ1) is 10.3. The van der Waals surface area contributed by atoms with Crippen LogP contribution in [-0.2, 0) is 6.54 Å². The minimum atomic E-state index is -0.692. The van der Waals surface area contributed by atoms with Crippen molar-refractivity contribution in [3.63, 3.8) is 0 Å². The molecule has 0 aliphatic carbocycles. The van der Waals surface area contributed by atoms with Crippen molar-refractivity contribution >= 4 is 0 Å². The average Bonchev–Trinajstić information content (AvgIpc) is 3.00. The molecule has 0 spiro atoms. The number of ether oxygens (including phenoxy) is 3. The summed E-state index contributed by atoms with van der Waals surface area (Å²) in [5, 5.41) is 10.1. The Morgan fingerprint density at radius 2 is 1.86 bits per heavy atom. The van der Waals surface area contributed by atoms with Crippen molar-refractivity contribution in [2.24, 2.45) is 5.73 Å². The van der Waals surface area contributed by atoms with Gasteiger partial charge in [-0.2, -0.15) is 0 Å². The Morgan fingerprint density at radius 3 is 2.62 bits per heavy atom. The summed E-state index contributed by atoms with van der Waals surface area (Å²) in [5.41, 5.74) is 7.38. The average molecular weight is 287 g/mol. The molecular weight excluding hydrogens is 270 g/mol. The highest BCUT2D eigenvalue weighted by atomic mass is 16.7. The quantitative estimate of drug-likeness (QED) is 0.879. The van der Waals surface area contributed by atoms with E-state index in [9.17, 15) is 5.11 Å². The Balaban J connectivity index is 1.61. The lowest BCUT2D eigenvalue weighted by atomic mass is 10.1. The number of nitrogens with two attached hydrogens (primary N) is 1. The Labute approximate surface area is 122 Å². The van der Waals surface area contributed by atoms with Gasteiger partial charge >= 0.3 is 0 Å². The molecule has 0 aromatic heterocycles. The number of fused-ring (bicyclic) bond motifs is 1. The van der Waals surface area contributed by atoms with E-state index in [1.807, 2.05) is 24.3 Å². The van der Waals surface area contributed by atoms with E-state index in [4.69, 9.17) is 19.9 Å². The van der Waals surface area contributed by atoms with Crippen molar-refractivity contribution in [3.05, 3.63) is 53.6 Å². The molecule has 1 aliphatic rings. The Kier molecular flexibility index (Phi) is 3.94. The topological polar surface area (TPSA) is 73.9 Å². The largest absolute Gasteiger partial charge is 0.490 e. The molecule has 0 amide bonds. The highest BCUT2D eigenvalue weighted by Gasteiger charge is 2.14. The van der Waals surface area contributed by atoms with Gasteiger partial charge in [-0.3, -0.25) is 0 Å². The highest BCUT2D eigenvalue weighted by Crippen LogP contribution is 2.35. The molecule has 0 fully saturated rings. The summed E-state index contributed by atoms with van der Waals surface area (Å²) in [4.78, 5) is 0. The van der Waals surface area contributed by atoms with Gasteiger partial charge < -0.3 is 25.1 Å². The number of hydrogen-bond acceptors (Lipinski definition) is 5. The monoisotopic (exact) mass is 287 g/mol. The Hall–Kier alpha value is -2.24. The normalized spacial score (nSPS) is 14.0. The fraction of sp³-hybridized carbons (Fsp3) is 0.250. The van der Waals surface area contributed by atoms with Crippen LogP contribution < -0.4 is 19.9 Å². The van der Waals surface area contributed by atoms with Gasteiger partial charge in [-0.25, -0.2) is 0 Å². The second kappa shape index (κ2) is 6.03. The molecule has 1 unspecified atom stereocenters. The zero-order valence-electron chi connectivity index (χ0n) is 11.5. The molecular formula is C16H17NO4. The lowest BCUT2D eigenvalue weighted by molar-refractivity contribution is 0.108. The fourth-order valence-electron chi connectivity index (χ4n) is 2.11. The lowest BCUT2D eigenvalue weighted by Gasteiger charge is -2.13. The maximum Gasteiger partial charge on any atom is 0.231 e. The van der Waals surface area contributed by atoms with Crippen LogP contribution in [0.25, 0.3) is 0 Å². The van der Waals surface area contributed by atoms with Gasteiger partial charge in [-0.15, -0.1) is 0 Å². The van der Waals surface area contributed by atoms with Crippen LogP contribution in [0.3, 0.4) is 0 Å². The summed E-state index contributed by atoms with van der Waals surface area (Å²) in [6, 6.07) is 12.9. The van der Waals surface area contributed by atoms with Crippen LogP contribution >= 0.6 is 0 Å². The van der Waals surface area contributed by atoms with Gasteiger partial charge in [0.05, 0.1) is 0 Å². The second-order valence-corrected chi connectivity index (χ2v) is 4.79. The number of benzene rings is 2. The van der Waals surface area contributed by atoms with Gasteiger partial charge in [0, 0.05) is 12.6 Å². The maximum absolute atomic E-state index is 10.1. The first-order valence-electron chi connectivity index (χ1n) is 6.75. The molecule has 5 nitrogen and oxygen atoms in total. The molecule has 3 N–H and O–H groups in total. The molecule has 0 bridgehead atoms. The van der Waals surface area contributed by atoms with Crippen molar-refractivity contribution in [3.8, 4) is 17.2 Å². The van der Waals surface area contributed by atoms with Crippen molar-refractivity contribution in [1.29, 1.82) is 0 Å². The van der Waals surface area contributed by atoms with E-state index < -0.39 is 6.10 Å². The van der Waals surface area contributed by atoms with E-state index in [1.54, 1.807) is 18.2 Å². The van der Waals surface area contributed by atoms with Crippen LogP contribution in [0.4, 0.5) is 0 Å². The Morgan fingerprint density at radius 1 is 1.10 bits per heavy atom.